The van der Waals surface area contributed by atoms with Crippen LogP contribution in [0.3, 0.4) is 0 Å². The molecule has 4 heteroatoms. The Bertz CT molecular complexity index is 1300. The smallest absolute Gasteiger partial charge is 0.223 e. The summed E-state index contributed by atoms with van der Waals surface area (Å²) < 4.78 is 2.46. The third kappa shape index (κ3) is 5.66. The zero-order valence-electron chi connectivity index (χ0n) is 20.8. The number of aromatic nitrogens is 1. The Morgan fingerprint density at radius 3 is 2.37 bits per heavy atom. The second-order valence-corrected chi connectivity index (χ2v) is 10.0. The summed E-state index contributed by atoms with van der Waals surface area (Å²) in [7, 11) is 0. The summed E-state index contributed by atoms with van der Waals surface area (Å²) in [5.41, 5.74) is 7.63. The topological polar surface area (TPSA) is 37.3 Å². The zero-order chi connectivity index (χ0) is 24.2. The van der Waals surface area contributed by atoms with Crippen LogP contribution in [-0.4, -0.2) is 28.5 Å². The Balaban J connectivity index is 1.22. The number of hydrogen-bond acceptors (Lipinski definition) is 2. The first-order valence-electron chi connectivity index (χ1n) is 12.7. The lowest BCUT2D eigenvalue weighted by Gasteiger charge is -2.31. The van der Waals surface area contributed by atoms with Crippen molar-refractivity contribution in [2.24, 2.45) is 5.92 Å². The van der Waals surface area contributed by atoms with Crippen molar-refractivity contribution in [3.8, 4) is 0 Å². The van der Waals surface area contributed by atoms with Gasteiger partial charge in [0.1, 0.15) is 0 Å². The van der Waals surface area contributed by atoms with Crippen molar-refractivity contribution in [3.05, 3.63) is 107 Å². The number of nitrogens with zero attached hydrogens (tertiary/aromatic N) is 2. The second kappa shape index (κ2) is 10.5. The van der Waals surface area contributed by atoms with E-state index in [1.54, 1.807) is 0 Å². The Hall–Kier alpha value is -3.37. The van der Waals surface area contributed by atoms with Crippen LogP contribution >= 0.6 is 0 Å². The van der Waals surface area contributed by atoms with Crippen LogP contribution in [0.15, 0.2) is 78.9 Å². The molecular formula is C31H35N3O. The summed E-state index contributed by atoms with van der Waals surface area (Å²) in [4.78, 5) is 15.3. The van der Waals surface area contributed by atoms with E-state index in [1.165, 1.54) is 33.3 Å². The number of carbonyl (C=O) groups excluding carboxylic acids is 1. The lowest BCUT2D eigenvalue weighted by molar-refractivity contribution is -0.126. The summed E-state index contributed by atoms with van der Waals surface area (Å²) >= 11 is 0. The number of benzene rings is 3. The predicted molar refractivity (Wildman–Crippen MR) is 143 cm³/mol. The minimum Gasteiger partial charge on any atom is -0.352 e. The van der Waals surface area contributed by atoms with Gasteiger partial charge in [-0.1, -0.05) is 77.9 Å². The average molecular weight is 466 g/mol. The molecule has 0 spiro atoms. The number of aryl methyl sites for hydroxylation is 2. The van der Waals surface area contributed by atoms with Gasteiger partial charge < -0.3 is 9.88 Å². The first kappa shape index (κ1) is 23.4. The third-order valence-electron chi connectivity index (χ3n) is 7.25. The molecule has 35 heavy (non-hydrogen) atoms. The van der Waals surface area contributed by atoms with Gasteiger partial charge in [0.2, 0.25) is 5.91 Å². The molecule has 1 aromatic heterocycles. The molecule has 1 saturated heterocycles. The third-order valence-corrected chi connectivity index (χ3v) is 7.25. The van der Waals surface area contributed by atoms with E-state index in [0.29, 0.717) is 6.54 Å². The van der Waals surface area contributed by atoms with Gasteiger partial charge in [-0.25, -0.2) is 0 Å². The molecular weight excluding hydrogens is 430 g/mol. The van der Waals surface area contributed by atoms with Crippen LogP contribution in [0.25, 0.3) is 10.9 Å². The molecule has 5 rings (SSSR count). The largest absolute Gasteiger partial charge is 0.352 e. The maximum Gasteiger partial charge on any atom is 0.223 e. The molecule has 1 aliphatic rings. The molecule has 0 radical (unpaired) electrons. The highest BCUT2D eigenvalue weighted by Crippen LogP contribution is 2.25. The van der Waals surface area contributed by atoms with Crippen LogP contribution in [-0.2, 0) is 24.4 Å². The van der Waals surface area contributed by atoms with E-state index in [-0.39, 0.29) is 11.8 Å². The fraction of sp³-hybridized carbons (Fsp3) is 0.323. The van der Waals surface area contributed by atoms with E-state index in [1.807, 2.05) is 6.07 Å². The second-order valence-electron chi connectivity index (χ2n) is 10.0. The molecule has 0 aliphatic carbocycles. The molecule has 1 amide bonds. The number of para-hydroxylation sites is 1. The van der Waals surface area contributed by atoms with E-state index < -0.39 is 0 Å². The van der Waals surface area contributed by atoms with Crippen LogP contribution in [0.4, 0.5) is 0 Å². The van der Waals surface area contributed by atoms with Gasteiger partial charge in [0.15, 0.2) is 0 Å². The monoisotopic (exact) mass is 465 g/mol. The summed E-state index contributed by atoms with van der Waals surface area (Å²) in [6.45, 7) is 8.52. The van der Waals surface area contributed by atoms with Crippen molar-refractivity contribution in [1.82, 2.24) is 14.8 Å². The summed E-state index contributed by atoms with van der Waals surface area (Å²) in [6.07, 6.45) is 1.83. The lowest BCUT2D eigenvalue weighted by atomic mass is 9.95. The van der Waals surface area contributed by atoms with Crippen molar-refractivity contribution < 1.29 is 4.79 Å². The van der Waals surface area contributed by atoms with Crippen molar-refractivity contribution in [2.75, 3.05) is 13.1 Å². The van der Waals surface area contributed by atoms with Gasteiger partial charge in [-0.15, -0.1) is 0 Å². The van der Waals surface area contributed by atoms with Crippen LogP contribution in [0.5, 0.6) is 0 Å². The highest BCUT2D eigenvalue weighted by Gasteiger charge is 2.25. The number of nitrogens with one attached hydrogen (secondary N) is 1. The molecule has 4 aromatic rings. The van der Waals surface area contributed by atoms with Crippen molar-refractivity contribution in [2.45, 2.75) is 46.3 Å². The average Bonchev–Trinajstić information content (AvgIpc) is 3.21. The number of carbonyl (C=O) groups is 1. The Kier molecular flexibility index (Phi) is 7.01. The van der Waals surface area contributed by atoms with Gasteiger partial charge in [-0.05, 0) is 68.4 Å². The van der Waals surface area contributed by atoms with Crippen molar-refractivity contribution in [1.29, 1.82) is 0 Å². The van der Waals surface area contributed by atoms with E-state index >= 15 is 0 Å². The van der Waals surface area contributed by atoms with Crippen LogP contribution < -0.4 is 5.32 Å². The van der Waals surface area contributed by atoms with Crippen molar-refractivity contribution >= 4 is 16.8 Å². The molecule has 180 valence electrons. The van der Waals surface area contributed by atoms with Gasteiger partial charge >= 0.3 is 0 Å². The maximum atomic E-state index is 12.8. The van der Waals surface area contributed by atoms with E-state index in [4.69, 9.17) is 0 Å². The molecule has 1 N–H and O–H groups in total. The predicted octanol–water partition coefficient (Wildman–Crippen LogP) is 5.83. The molecule has 4 nitrogen and oxygen atoms in total. The molecule has 3 aromatic carbocycles. The molecule has 0 unspecified atom stereocenters. The van der Waals surface area contributed by atoms with Crippen molar-refractivity contribution in [3.63, 3.8) is 0 Å². The number of piperidine rings is 1. The van der Waals surface area contributed by atoms with Gasteiger partial charge in [-0.2, -0.15) is 0 Å². The first-order chi connectivity index (χ1) is 17.0. The summed E-state index contributed by atoms with van der Waals surface area (Å²) in [5.74, 6) is 0.300. The molecule has 2 heterocycles. The molecule has 0 atom stereocenters. The van der Waals surface area contributed by atoms with Gasteiger partial charge in [0, 0.05) is 36.8 Å². The van der Waals surface area contributed by atoms with E-state index in [0.717, 1.165) is 44.6 Å². The standard InChI is InChI=1S/C31H35N3O/c1-23-10-12-25(13-11-23)21-34-29(19-28-8-3-4-9-30(28)34)22-33-16-14-27(15-17-33)31(35)32-20-26-7-5-6-24(2)18-26/h3-13,18-19,27H,14-17,20-22H2,1-2H3,(H,32,35). The van der Waals surface area contributed by atoms with Gasteiger partial charge in [0.25, 0.3) is 0 Å². The fourth-order valence-electron chi connectivity index (χ4n) is 5.20. The lowest BCUT2D eigenvalue weighted by Crippen LogP contribution is -2.40. The highest BCUT2D eigenvalue weighted by molar-refractivity contribution is 5.81. The van der Waals surface area contributed by atoms with Crippen LogP contribution in [0.1, 0.15) is 40.8 Å². The molecule has 1 aliphatic heterocycles. The molecule has 1 fully saturated rings. The molecule has 0 bridgehead atoms. The Morgan fingerprint density at radius 1 is 0.829 bits per heavy atom. The number of fused-ring (bicyclic) bond motifs is 1. The number of amides is 1. The van der Waals surface area contributed by atoms with Gasteiger partial charge in [-0.3, -0.25) is 9.69 Å². The minimum absolute atomic E-state index is 0.106. The van der Waals surface area contributed by atoms with Gasteiger partial charge in [0.05, 0.1) is 0 Å². The first-order valence-corrected chi connectivity index (χ1v) is 12.7. The van der Waals surface area contributed by atoms with E-state index in [2.05, 4.69) is 101 Å². The number of likely N-dealkylation sites (tertiary alicyclic amines) is 1. The SMILES string of the molecule is Cc1ccc(Cn2c(CN3CCC(C(=O)NCc4cccc(C)c4)CC3)cc3ccccc32)cc1. The highest BCUT2D eigenvalue weighted by atomic mass is 16.1. The minimum atomic E-state index is 0.106. The zero-order valence-corrected chi connectivity index (χ0v) is 20.8. The normalized spacial score (nSPS) is 14.9. The summed E-state index contributed by atoms with van der Waals surface area (Å²) in [5, 5.41) is 4.45. The molecule has 0 saturated carbocycles. The van der Waals surface area contributed by atoms with Crippen LogP contribution in [0.2, 0.25) is 0 Å². The van der Waals surface area contributed by atoms with E-state index in [9.17, 15) is 4.79 Å². The maximum absolute atomic E-state index is 12.8. The summed E-state index contributed by atoms with van der Waals surface area (Å²) in [6, 6.07) is 28.2. The van der Waals surface area contributed by atoms with Crippen LogP contribution in [0, 0.1) is 19.8 Å². The Morgan fingerprint density at radius 2 is 1.60 bits per heavy atom. The number of rotatable bonds is 7. The fourth-order valence-corrected chi connectivity index (χ4v) is 5.20. The number of hydrogen-bond donors (Lipinski definition) is 1. The quantitative estimate of drug-likeness (QED) is 0.373. The Labute approximate surface area is 208 Å².